The number of aryl methyl sites for hydroxylation is 1. The molecule has 0 amide bonds. The molecule has 1 aromatic carbocycles. The molecule has 7 heteroatoms. The molecule has 1 rings (SSSR count). The van der Waals surface area contributed by atoms with E-state index in [4.69, 9.17) is 4.74 Å². The minimum atomic E-state index is -4.23. The Morgan fingerprint density at radius 1 is 1.11 bits per heavy atom. The zero-order chi connectivity index (χ0) is 21.0. The Bertz CT molecular complexity index is 699. The Labute approximate surface area is 169 Å². The average Bonchev–Trinajstić information content (AvgIpc) is 2.64. The van der Waals surface area contributed by atoms with Crippen molar-refractivity contribution in [1.29, 1.82) is 0 Å². The van der Waals surface area contributed by atoms with Gasteiger partial charge in [-0.3, -0.25) is 9.35 Å². The number of ether oxygens (including phenoxy) is 1. The van der Waals surface area contributed by atoms with Crippen molar-refractivity contribution in [3.05, 3.63) is 23.8 Å². The van der Waals surface area contributed by atoms with Crippen LogP contribution in [0, 0.1) is 0 Å². The summed E-state index contributed by atoms with van der Waals surface area (Å²) in [6.07, 6.45) is 8.14. The van der Waals surface area contributed by atoms with Gasteiger partial charge in [-0.2, -0.15) is 8.42 Å². The number of rotatable bonds is 15. The van der Waals surface area contributed by atoms with E-state index in [1.165, 1.54) is 32.4 Å². The molecular weight excluding hydrogens is 380 g/mol. The number of hydrogen-bond acceptors (Lipinski definition) is 5. The molecule has 0 fully saturated rings. The summed E-state index contributed by atoms with van der Waals surface area (Å²) >= 11 is 0. The SMILES string of the molecule is CCCCCCCCC[C@@H](CC(=O)CCc1ccc(O)c(OC)c1)S(=O)(=O)O. The van der Waals surface area contributed by atoms with Gasteiger partial charge in [-0.15, -0.1) is 0 Å². The van der Waals surface area contributed by atoms with Gasteiger partial charge in [0.2, 0.25) is 0 Å². The van der Waals surface area contributed by atoms with Crippen molar-refractivity contribution in [2.45, 2.75) is 82.8 Å². The predicted octanol–water partition coefficient (Wildman–Crippen LogP) is 4.69. The van der Waals surface area contributed by atoms with Crippen LogP contribution in [0.2, 0.25) is 0 Å². The molecule has 1 atom stereocenters. The van der Waals surface area contributed by atoms with E-state index in [9.17, 15) is 22.9 Å². The minimum Gasteiger partial charge on any atom is -0.504 e. The molecule has 28 heavy (non-hydrogen) atoms. The normalized spacial score (nSPS) is 12.7. The fraction of sp³-hybridized carbons (Fsp3) is 0.667. The summed E-state index contributed by atoms with van der Waals surface area (Å²) in [7, 11) is -2.79. The summed E-state index contributed by atoms with van der Waals surface area (Å²) in [4.78, 5) is 12.2. The van der Waals surface area contributed by atoms with E-state index < -0.39 is 15.4 Å². The number of Topliss-reactive ketones (excluding diaryl/α,β-unsaturated/α-hetero) is 1. The van der Waals surface area contributed by atoms with E-state index in [1.807, 2.05) is 0 Å². The van der Waals surface area contributed by atoms with Gasteiger partial charge in [0, 0.05) is 12.8 Å². The second-order valence-electron chi connectivity index (χ2n) is 7.30. The number of hydrogen-bond donors (Lipinski definition) is 2. The number of carbonyl (C=O) groups excluding carboxylic acids is 1. The molecule has 0 aliphatic heterocycles. The summed E-state index contributed by atoms with van der Waals surface area (Å²) in [6.45, 7) is 2.16. The summed E-state index contributed by atoms with van der Waals surface area (Å²) in [5, 5.41) is 8.57. The largest absolute Gasteiger partial charge is 0.504 e. The standard InChI is InChI=1S/C21H34O6S/c1-3-4-5-6-7-8-9-10-19(28(24,25)26)16-18(22)13-11-17-12-14-20(23)21(15-17)27-2/h12,14-15,19,23H,3-11,13,16H2,1-2H3,(H,24,25,26)/t19-/m0/s1. The van der Waals surface area contributed by atoms with Gasteiger partial charge in [0.1, 0.15) is 5.78 Å². The van der Waals surface area contributed by atoms with E-state index >= 15 is 0 Å². The van der Waals surface area contributed by atoms with E-state index in [2.05, 4.69) is 6.92 Å². The molecule has 0 spiro atoms. The van der Waals surface area contributed by atoms with Crippen LogP contribution >= 0.6 is 0 Å². The Morgan fingerprint density at radius 3 is 2.36 bits per heavy atom. The quantitative estimate of drug-likeness (QED) is 0.319. The number of aromatic hydroxyl groups is 1. The maximum atomic E-state index is 12.2. The molecule has 1 aromatic rings. The van der Waals surface area contributed by atoms with E-state index in [1.54, 1.807) is 12.1 Å². The van der Waals surface area contributed by atoms with Gasteiger partial charge in [-0.1, -0.05) is 57.9 Å². The van der Waals surface area contributed by atoms with Crippen LogP contribution in [0.15, 0.2) is 18.2 Å². The van der Waals surface area contributed by atoms with Crippen molar-refractivity contribution in [2.24, 2.45) is 0 Å². The lowest BCUT2D eigenvalue weighted by Gasteiger charge is -2.13. The molecule has 0 aliphatic rings. The summed E-state index contributed by atoms with van der Waals surface area (Å²) in [5.74, 6) is 0.163. The van der Waals surface area contributed by atoms with E-state index in [-0.39, 0.29) is 24.4 Å². The monoisotopic (exact) mass is 414 g/mol. The summed E-state index contributed by atoms with van der Waals surface area (Å²) in [6, 6.07) is 4.85. The number of methoxy groups -OCH3 is 1. The van der Waals surface area contributed by atoms with Crippen molar-refractivity contribution in [3.63, 3.8) is 0 Å². The number of ketones is 1. The molecule has 0 bridgehead atoms. The first-order valence-electron chi connectivity index (χ1n) is 10.1. The van der Waals surface area contributed by atoms with Crippen LogP contribution in [0.5, 0.6) is 11.5 Å². The highest BCUT2D eigenvalue weighted by Crippen LogP contribution is 2.27. The fourth-order valence-electron chi connectivity index (χ4n) is 3.20. The zero-order valence-corrected chi connectivity index (χ0v) is 17.8. The van der Waals surface area contributed by atoms with Gasteiger partial charge < -0.3 is 9.84 Å². The van der Waals surface area contributed by atoms with Gasteiger partial charge in [-0.25, -0.2) is 0 Å². The maximum absolute atomic E-state index is 12.2. The number of benzene rings is 1. The van der Waals surface area contributed by atoms with Crippen molar-refractivity contribution in [1.82, 2.24) is 0 Å². The Hall–Kier alpha value is -1.60. The Kier molecular flexibility index (Phi) is 11.2. The highest BCUT2D eigenvalue weighted by molar-refractivity contribution is 7.86. The lowest BCUT2D eigenvalue weighted by Crippen LogP contribution is -2.24. The van der Waals surface area contributed by atoms with Crippen LogP contribution in [0.4, 0.5) is 0 Å². The van der Waals surface area contributed by atoms with Crippen LogP contribution < -0.4 is 4.74 Å². The smallest absolute Gasteiger partial charge is 0.268 e. The number of phenols is 1. The Morgan fingerprint density at radius 2 is 1.75 bits per heavy atom. The third-order valence-corrected chi connectivity index (χ3v) is 6.19. The third kappa shape index (κ3) is 9.55. The molecule has 0 saturated carbocycles. The van der Waals surface area contributed by atoms with Crippen molar-refractivity contribution in [3.8, 4) is 11.5 Å². The van der Waals surface area contributed by atoms with Gasteiger partial charge in [0.15, 0.2) is 11.5 Å². The summed E-state index contributed by atoms with van der Waals surface area (Å²) < 4.78 is 37.8. The second-order valence-corrected chi connectivity index (χ2v) is 8.99. The molecule has 6 nitrogen and oxygen atoms in total. The lowest BCUT2D eigenvalue weighted by atomic mass is 10.0. The Balaban J connectivity index is 2.45. The minimum absolute atomic E-state index is 0.0266. The second kappa shape index (κ2) is 12.8. The highest BCUT2D eigenvalue weighted by Gasteiger charge is 2.25. The van der Waals surface area contributed by atoms with Crippen LogP contribution in [-0.4, -0.2) is 36.2 Å². The van der Waals surface area contributed by atoms with Crippen LogP contribution in [-0.2, 0) is 21.3 Å². The van der Waals surface area contributed by atoms with Gasteiger partial charge >= 0.3 is 0 Å². The molecule has 160 valence electrons. The molecule has 0 aromatic heterocycles. The molecule has 2 N–H and O–H groups in total. The first kappa shape index (κ1) is 24.4. The molecule has 0 unspecified atom stereocenters. The zero-order valence-electron chi connectivity index (χ0n) is 17.0. The van der Waals surface area contributed by atoms with Gasteiger partial charge in [0.25, 0.3) is 10.1 Å². The molecule has 0 heterocycles. The topological polar surface area (TPSA) is 101 Å². The van der Waals surface area contributed by atoms with E-state index in [0.29, 0.717) is 25.0 Å². The fourth-order valence-corrected chi connectivity index (χ4v) is 4.06. The first-order valence-corrected chi connectivity index (χ1v) is 11.6. The van der Waals surface area contributed by atoms with Crippen molar-refractivity contribution < 1.29 is 27.6 Å². The molecule has 0 radical (unpaired) electrons. The molecule has 0 aliphatic carbocycles. The highest BCUT2D eigenvalue weighted by atomic mass is 32.2. The lowest BCUT2D eigenvalue weighted by molar-refractivity contribution is -0.119. The van der Waals surface area contributed by atoms with E-state index in [0.717, 1.165) is 24.8 Å². The van der Waals surface area contributed by atoms with Crippen LogP contribution in [0.3, 0.4) is 0 Å². The number of unbranched alkanes of at least 4 members (excludes halogenated alkanes) is 6. The number of carbonyl (C=O) groups is 1. The maximum Gasteiger partial charge on any atom is 0.268 e. The predicted molar refractivity (Wildman–Crippen MR) is 111 cm³/mol. The van der Waals surface area contributed by atoms with Crippen molar-refractivity contribution >= 4 is 15.9 Å². The van der Waals surface area contributed by atoms with Crippen LogP contribution in [0.1, 0.15) is 76.7 Å². The van der Waals surface area contributed by atoms with Crippen molar-refractivity contribution in [2.75, 3.05) is 7.11 Å². The molecule has 0 saturated heterocycles. The van der Waals surface area contributed by atoms with Gasteiger partial charge in [-0.05, 0) is 30.5 Å². The van der Waals surface area contributed by atoms with Gasteiger partial charge in [0.05, 0.1) is 12.4 Å². The van der Waals surface area contributed by atoms with Crippen LogP contribution in [0.25, 0.3) is 0 Å². The average molecular weight is 415 g/mol. The summed E-state index contributed by atoms with van der Waals surface area (Å²) in [5.41, 5.74) is 0.818. The number of phenolic OH excluding ortho intramolecular Hbond substituents is 1. The first-order chi connectivity index (χ1) is 13.3. The third-order valence-electron chi connectivity index (χ3n) is 4.94. The molecular formula is C21H34O6S.